The molecule has 140 valence electrons. The van der Waals surface area contributed by atoms with E-state index in [1.165, 1.54) is 19.2 Å². The minimum Gasteiger partial charge on any atom is -0.465 e. The van der Waals surface area contributed by atoms with Crippen LogP contribution in [-0.2, 0) is 21.4 Å². The van der Waals surface area contributed by atoms with E-state index in [9.17, 15) is 14.0 Å². The summed E-state index contributed by atoms with van der Waals surface area (Å²) in [5.74, 6) is -0.585. The molecule has 1 heterocycles. The Morgan fingerprint density at radius 1 is 1.07 bits per heavy atom. The number of fused-ring (bicyclic) bond motifs is 1. The summed E-state index contributed by atoms with van der Waals surface area (Å²) in [6.45, 7) is 0.599. The molecular formula is C22H22FNO3. The quantitative estimate of drug-likeness (QED) is 0.770. The van der Waals surface area contributed by atoms with Gasteiger partial charge in [0.1, 0.15) is 5.82 Å². The van der Waals surface area contributed by atoms with Crippen LogP contribution in [0.1, 0.15) is 47.2 Å². The highest BCUT2D eigenvalue weighted by Gasteiger charge is 2.46. The number of hydrogen-bond donors (Lipinski definition) is 0. The molecule has 1 amide bonds. The van der Waals surface area contributed by atoms with Gasteiger partial charge in [-0.3, -0.25) is 4.79 Å². The van der Waals surface area contributed by atoms with Gasteiger partial charge in [0.2, 0.25) is 5.91 Å². The Hall–Kier alpha value is -2.69. The Morgan fingerprint density at radius 3 is 2.44 bits per heavy atom. The molecule has 4 rings (SSSR count). The van der Waals surface area contributed by atoms with Crippen LogP contribution in [0.4, 0.5) is 10.1 Å². The van der Waals surface area contributed by atoms with Gasteiger partial charge in [-0.25, -0.2) is 9.18 Å². The molecule has 2 aromatic rings. The molecule has 0 saturated heterocycles. The van der Waals surface area contributed by atoms with Crippen LogP contribution in [0, 0.1) is 5.82 Å². The molecule has 5 heteroatoms. The Bertz CT molecular complexity index is 885. The molecule has 4 nitrogen and oxygen atoms in total. The first kappa shape index (κ1) is 17.7. The van der Waals surface area contributed by atoms with Crippen molar-refractivity contribution in [2.45, 2.75) is 37.5 Å². The Balaban J connectivity index is 1.69. The number of methoxy groups -OCH3 is 1. The first-order valence-corrected chi connectivity index (χ1v) is 9.34. The van der Waals surface area contributed by atoms with Crippen molar-refractivity contribution in [3.05, 3.63) is 65.0 Å². The van der Waals surface area contributed by atoms with Crippen molar-refractivity contribution in [3.63, 3.8) is 0 Å². The summed E-state index contributed by atoms with van der Waals surface area (Å²) < 4.78 is 18.2. The number of hydrogen-bond acceptors (Lipinski definition) is 3. The van der Waals surface area contributed by atoms with Crippen molar-refractivity contribution in [2.24, 2.45) is 0 Å². The van der Waals surface area contributed by atoms with Crippen molar-refractivity contribution in [1.29, 1.82) is 0 Å². The molecule has 1 aliphatic heterocycles. The lowest BCUT2D eigenvalue weighted by Crippen LogP contribution is -2.45. The van der Waals surface area contributed by atoms with E-state index in [1.807, 2.05) is 17.0 Å². The van der Waals surface area contributed by atoms with Crippen LogP contribution in [-0.4, -0.2) is 25.5 Å². The van der Waals surface area contributed by atoms with Gasteiger partial charge in [0.15, 0.2) is 0 Å². The molecule has 27 heavy (non-hydrogen) atoms. The summed E-state index contributed by atoms with van der Waals surface area (Å²) in [6, 6.07) is 11.7. The van der Waals surface area contributed by atoms with Crippen molar-refractivity contribution < 1.29 is 18.7 Å². The van der Waals surface area contributed by atoms with Gasteiger partial charge in [-0.2, -0.15) is 0 Å². The fourth-order valence-corrected chi connectivity index (χ4v) is 4.49. The van der Waals surface area contributed by atoms with Gasteiger partial charge in [-0.1, -0.05) is 25.0 Å². The van der Waals surface area contributed by atoms with Crippen LogP contribution in [0.25, 0.3) is 0 Å². The number of anilines is 1. The van der Waals surface area contributed by atoms with Gasteiger partial charge in [0, 0.05) is 12.2 Å². The topological polar surface area (TPSA) is 46.6 Å². The Morgan fingerprint density at radius 2 is 1.78 bits per heavy atom. The smallest absolute Gasteiger partial charge is 0.337 e. The minimum atomic E-state index is -0.587. The molecule has 1 fully saturated rings. The maximum atomic E-state index is 13.6. The highest BCUT2D eigenvalue weighted by atomic mass is 19.1. The van der Waals surface area contributed by atoms with Crippen LogP contribution >= 0.6 is 0 Å². The number of carbonyl (C=O) groups is 2. The van der Waals surface area contributed by atoms with Crippen molar-refractivity contribution in [2.75, 3.05) is 18.6 Å². The summed E-state index contributed by atoms with van der Waals surface area (Å²) in [7, 11) is 1.36. The first-order chi connectivity index (χ1) is 13.0. The van der Waals surface area contributed by atoms with Crippen molar-refractivity contribution >= 4 is 17.6 Å². The largest absolute Gasteiger partial charge is 0.465 e. The van der Waals surface area contributed by atoms with E-state index in [0.717, 1.165) is 42.5 Å². The van der Waals surface area contributed by atoms with Crippen LogP contribution < -0.4 is 4.90 Å². The second-order valence-electron chi connectivity index (χ2n) is 7.34. The zero-order chi connectivity index (χ0) is 19.0. The third-order valence-corrected chi connectivity index (χ3v) is 5.90. The lowest BCUT2D eigenvalue weighted by Gasteiger charge is -2.33. The molecule has 0 atom stereocenters. The maximum Gasteiger partial charge on any atom is 0.337 e. The highest BCUT2D eigenvalue weighted by Crippen LogP contribution is 2.44. The SMILES string of the molecule is COC(=O)c1ccc2c(c1)CCN2C(=O)C1(c2ccc(F)cc2)CCCC1. The van der Waals surface area contributed by atoms with E-state index >= 15 is 0 Å². The third kappa shape index (κ3) is 2.91. The molecule has 0 spiro atoms. The number of ether oxygens (including phenoxy) is 1. The monoisotopic (exact) mass is 367 g/mol. The standard InChI is InChI=1S/C22H22FNO3/c1-27-20(25)16-4-9-19-15(14-16)10-13-24(19)21(26)22(11-2-3-12-22)17-5-7-18(23)8-6-17/h4-9,14H,2-3,10-13H2,1H3. The number of nitrogens with zero attached hydrogens (tertiary/aromatic N) is 1. The summed E-state index contributed by atoms with van der Waals surface area (Å²) in [5.41, 5.74) is 2.65. The summed E-state index contributed by atoms with van der Waals surface area (Å²) in [6.07, 6.45) is 4.26. The predicted octanol–water partition coefficient (Wildman–Crippen LogP) is 4.01. The molecule has 2 aromatic carbocycles. The van der Waals surface area contributed by atoms with Gasteiger partial charge in [-0.05, 0) is 60.7 Å². The van der Waals surface area contributed by atoms with Gasteiger partial charge < -0.3 is 9.64 Å². The van der Waals surface area contributed by atoms with Gasteiger partial charge in [-0.15, -0.1) is 0 Å². The number of benzene rings is 2. The van der Waals surface area contributed by atoms with E-state index < -0.39 is 5.41 Å². The predicted molar refractivity (Wildman–Crippen MR) is 100 cm³/mol. The molecule has 1 aliphatic carbocycles. The number of rotatable bonds is 3. The lowest BCUT2D eigenvalue weighted by atomic mass is 9.77. The second kappa shape index (κ2) is 6.80. The summed E-state index contributed by atoms with van der Waals surface area (Å²) in [4.78, 5) is 27.2. The van der Waals surface area contributed by atoms with E-state index in [4.69, 9.17) is 4.74 Å². The normalized spacial score (nSPS) is 17.6. The third-order valence-electron chi connectivity index (χ3n) is 5.90. The molecule has 0 aromatic heterocycles. The maximum absolute atomic E-state index is 13.6. The second-order valence-corrected chi connectivity index (χ2v) is 7.34. The van der Waals surface area contributed by atoms with Crippen molar-refractivity contribution in [1.82, 2.24) is 0 Å². The summed E-state index contributed by atoms with van der Waals surface area (Å²) in [5, 5.41) is 0. The zero-order valence-corrected chi connectivity index (χ0v) is 15.3. The number of esters is 1. The zero-order valence-electron chi connectivity index (χ0n) is 15.3. The van der Waals surface area contributed by atoms with E-state index in [0.29, 0.717) is 18.5 Å². The molecule has 2 aliphatic rings. The fourth-order valence-electron chi connectivity index (χ4n) is 4.49. The molecule has 0 radical (unpaired) electrons. The van der Waals surface area contributed by atoms with Crippen LogP contribution in [0.3, 0.4) is 0 Å². The van der Waals surface area contributed by atoms with E-state index in [2.05, 4.69) is 0 Å². The number of halogens is 1. The van der Waals surface area contributed by atoms with Crippen molar-refractivity contribution in [3.8, 4) is 0 Å². The van der Waals surface area contributed by atoms with E-state index in [1.54, 1.807) is 18.2 Å². The van der Waals surface area contributed by atoms with Gasteiger partial charge in [0.05, 0.1) is 18.1 Å². The number of amides is 1. The van der Waals surface area contributed by atoms with Crippen LogP contribution in [0.15, 0.2) is 42.5 Å². The minimum absolute atomic E-state index is 0.0798. The van der Waals surface area contributed by atoms with Crippen LogP contribution in [0.5, 0.6) is 0 Å². The van der Waals surface area contributed by atoms with E-state index in [-0.39, 0.29) is 17.7 Å². The molecule has 0 N–H and O–H groups in total. The highest BCUT2D eigenvalue weighted by molar-refractivity contribution is 6.03. The Labute approximate surface area is 157 Å². The van der Waals surface area contributed by atoms with Gasteiger partial charge >= 0.3 is 5.97 Å². The lowest BCUT2D eigenvalue weighted by molar-refractivity contribution is -0.123. The average Bonchev–Trinajstić information content (AvgIpc) is 3.35. The molecule has 0 unspecified atom stereocenters. The number of carbonyl (C=O) groups excluding carboxylic acids is 2. The average molecular weight is 367 g/mol. The fraction of sp³-hybridized carbons (Fsp3) is 0.364. The van der Waals surface area contributed by atoms with Crippen LogP contribution in [0.2, 0.25) is 0 Å². The Kier molecular flexibility index (Phi) is 4.46. The molecule has 1 saturated carbocycles. The first-order valence-electron chi connectivity index (χ1n) is 9.34. The summed E-state index contributed by atoms with van der Waals surface area (Å²) >= 11 is 0. The van der Waals surface area contributed by atoms with Gasteiger partial charge in [0.25, 0.3) is 0 Å². The molecule has 0 bridgehead atoms. The molecular weight excluding hydrogens is 345 g/mol.